The molecule has 0 spiro atoms. The summed E-state index contributed by atoms with van der Waals surface area (Å²) in [6, 6.07) is 7.98. The summed E-state index contributed by atoms with van der Waals surface area (Å²) in [7, 11) is 0. The van der Waals surface area contributed by atoms with Gasteiger partial charge in [-0.05, 0) is 18.9 Å². The van der Waals surface area contributed by atoms with E-state index in [9.17, 15) is 0 Å². The predicted octanol–water partition coefficient (Wildman–Crippen LogP) is 4.05. The molecule has 1 aromatic rings. The molecule has 98 valence electrons. The summed E-state index contributed by atoms with van der Waals surface area (Å²) in [5.41, 5.74) is 1.09. The SMILES string of the molecule is CCCOc1ccc(CBr)c(OCCCC#N)c1. The summed E-state index contributed by atoms with van der Waals surface area (Å²) < 4.78 is 11.3. The first kappa shape index (κ1) is 14.8. The number of unbranched alkanes of at least 4 members (excludes halogenated alkanes) is 1. The number of ether oxygens (including phenoxy) is 2. The van der Waals surface area contributed by atoms with Crippen LogP contribution in [0.15, 0.2) is 18.2 Å². The third-order valence-electron chi connectivity index (χ3n) is 2.35. The Balaban J connectivity index is 2.63. The summed E-state index contributed by atoms with van der Waals surface area (Å²) in [5, 5.41) is 9.22. The van der Waals surface area contributed by atoms with Crippen molar-refractivity contribution in [3.63, 3.8) is 0 Å². The van der Waals surface area contributed by atoms with Gasteiger partial charge in [-0.15, -0.1) is 0 Å². The van der Waals surface area contributed by atoms with Gasteiger partial charge in [-0.3, -0.25) is 0 Å². The minimum atomic E-state index is 0.523. The van der Waals surface area contributed by atoms with Crippen molar-refractivity contribution in [1.82, 2.24) is 0 Å². The number of alkyl halides is 1. The zero-order valence-electron chi connectivity index (χ0n) is 10.6. The molecule has 0 heterocycles. The van der Waals surface area contributed by atoms with Gasteiger partial charge in [-0.2, -0.15) is 5.26 Å². The fraction of sp³-hybridized carbons (Fsp3) is 0.500. The van der Waals surface area contributed by atoms with Crippen LogP contribution >= 0.6 is 15.9 Å². The Morgan fingerprint density at radius 3 is 2.78 bits per heavy atom. The third kappa shape index (κ3) is 4.97. The molecule has 0 atom stereocenters. The maximum absolute atomic E-state index is 8.47. The fourth-order valence-corrected chi connectivity index (χ4v) is 1.89. The molecule has 0 saturated heterocycles. The van der Waals surface area contributed by atoms with Crippen molar-refractivity contribution in [1.29, 1.82) is 5.26 Å². The molecule has 0 aliphatic heterocycles. The molecule has 1 aromatic carbocycles. The van der Waals surface area contributed by atoms with E-state index in [-0.39, 0.29) is 0 Å². The lowest BCUT2D eigenvalue weighted by Gasteiger charge is -2.12. The van der Waals surface area contributed by atoms with Crippen LogP contribution in [0.2, 0.25) is 0 Å². The molecule has 0 aliphatic carbocycles. The second-order valence-electron chi connectivity index (χ2n) is 3.86. The molecule has 0 amide bonds. The van der Waals surface area contributed by atoms with E-state index in [1.807, 2.05) is 18.2 Å². The van der Waals surface area contributed by atoms with Gasteiger partial charge in [0, 0.05) is 23.4 Å². The fourth-order valence-electron chi connectivity index (χ4n) is 1.42. The van der Waals surface area contributed by atoms with Gasteiger partial charge < -0.3 is 9.47 Å². The van der Waals surface area contributed by atoms with Crippen molar-refractivity contribution >= 4 is 15.9 Å². The Bertz CT molecular complexity index is 401. The van der Waals surface area contributed by atoms with Gasteiger partial charge >= 0.3 is 0 Å². The highest BCUT2D eigenvalue weighted by Gasteiger charge is 2.05. The third-order valence-corrected chi connectivity index (χ3v) is 2.95. The number of hydrogen-bond acceptors (Lipinski definition) is 3. The molecule has 0 unspecified atom stereocenters. The lowest BCUT2D eigenvalue weighted by atomic mass is 10.2. The molecule has 3 nitrogen and oxygen atoms in total. The summed E-state index contributed by atoms with van der Waals surface area (Å²) in [4.78, 5) is 0. The average molecular weight is 312 g/mol. The Labute approximate surface area is 117 Å². The number of hydrogen-bond donors (Lipinski definition) is 0. The second-order valence-corrected chi connectivity index (χ2v) is 4.42. The van der Waals surface area contributed by atoms with Crippen molar-refractivity contribution in [2.45, 2.75) is 31.5 Å². The highest BCUT2D eigenvalue weighted by atomic mass is 79.9. The van der Waals surface area contributed by atoms with Gasteiger partial charge in [-0.25, -0.2) is 0 Å². The van der Waals surface area contributed by atoms with Crippen LogP contribution in [0, 0.1) is 11.3 Å². The van der Waals surface area contributed by atoms with E-state index in [4.69, 9.17) is 14.7 Å². The molecule has 0 bridgehead atoms. The molecule has 1 rings (SSSR count). The van der Waals surface area contributed by atoms with E-state index in [0.29, 0.717) is 19.6 Å². The first-order chi connectivity index (χ1) is 8.81. The van der Waals surface area contributed by atoms with Crippen molar-refractivity contribution < 1.29 is 9.47 Å². The molecule has 0 aromatic heterocycles. The Hall–Kier alpha value is -1.21. The van der Waals surface area contributed by atoms with Crippen molar-refractivity contribution in [3.8, 4) is 17.6 Å². The highest BCUT2D eigenvalue weighted by Crippen LogP contribution is 2.27. The Kier molecular flexibility index (Phi) is 7.28. The van der Waals surface area contributed by atoms with Crippen molar-refractivity contribution in [2.75, 3.05) is 13.2 Å². The number of benzene rings is 1. The van der Waals surface area contributed by atoms with Gasteiger partial charge in [0.2, 0.25) is 0 Å². The topological polar surface area (TPSA) is 42.2 Å². The van der Waals surface area contributed by atoms with Crippen LogP contribution in [0.3, 0.4) is 0 Å². The lowest BCUT2D eigenvalue weighted by molar-refractivity contribution is 0.297. The second kappa shape index (κ2) is 8.82. The molecule has 18 heavy (non-hydrogen) atoms. The van der Waals surface area contributed by atoms with E-state index in [2.05, 4.69) is 28.9 Å². The summed E-state index contributed by atoms with van der Waals surface area (Å²) >= 11 is 3.44. The largest absolute Gasteiger partial charge is 0.493 e. The minimum absolute atomic E-state index is 0.523. The van der Waals surface area contributed by atoms with E-state index >= 15 is 0 Å². The number of rotatable bonds is 8. The van der Waals surface area contributed by atoms with Crippen LogP contribution in [0.4, 0.5) is 0 Å². The van der Waals surface area contributed by atoms with Crippen LogP contribution in [0.25, 0.3) is 0 Å². The smallest absolute Gasteiger partial charge is 0.127 e. The molecule has 0 fully saturated rings. The molecule has 0 saturated carbocycles. The van der Waals surface area contributed by atoms with Crippen molar-refractivity contribution in [3.05, 3.63) is 23.8 Å². The number of nitriles is 1. The quantitative estimate of drug-likeness (QED) is 0.537. The van der Waals surface area contributed by atoms with Crippen LogP contribution in [-0.4, -0.2) is 13.2 Å². The molecule has 0 radical (unpaired) electrons. The van der Waals surface area contributed by atoms with E-state index in [1.165, 1.54) is 0 Å². The number of nitrogens with zero attached hydrogens (tertiary/aromatic N) is 1. The zero-order valence-corrected chi connectivity index (χ0v) is 12.2. The molecular weight excluding hydrogens is 294 g/mol. The van der Waals surface area contributed by atoms with Gasteiger partial charge in [0.25, 0.3) is 0 Å². The van der Waals surface area contributed by atoms with Crippen LogP contribution < -0.4 is 9.47 Å². The highest BCUT2D eigenvalue weighted by molar-refractivity contribution is 9.08. The predicted molar refractivity (Wildman–Crippen MR) is 75.2 cm³/mol. The minimum Gasteiger partial charge on any atom is -0.493 e. The van der Waals surface area contributed by atoms with Crippen LogP contribution in [-0.2, 0) is 5.33 Å². The molecule has 0 aliphatic rings. The van der Waals surface area contributed by atoms with E-state index in [0.717, 1.165) is 35.2 Å². The Morgan fingerprint density at radius 2 is 2.11 bits per heavy atom. The van der Waals surface area contributed by atoms with E-state index < -0.39 is 0 Å². The van der Waals surface area contributed by atoms with Gasteiger partial charge in [0.15, 0.2) is 0 Å². The maximum atomic E-state index is 8.47. The maximum Gasteiger partial charge on any atom is 0.127 e. The van der Waals surface area contributed by atoms with E-state index in [1.54, 1.807) is 0 Å². The van der Waals surface area contributed by atoms with Gasteiger partial charge in [0.1, 0.15) is 11.5 Å². The normalized spacial score (nSPS) is 9.83. The summed E-state index contributed by atoms with van der Waals surface area (Å²) in [5.74, 6) is 1.66. The van der Waals surface area contributed by atoms with Crippen LogP contribution in [0.5, 0.6) is 11.5 Å². The summed E-state index contributed by atoms with van der Waals surface area (Å²) in [6.07, 6.45) is 2.26. The molecular formula is C14H18BrNO2. The Morgan fingerprint density at radius 1 is 1.28 bits per heavy atom. The van der Waals surface area contributed by atoms with Gasteiger partial charge in [-0.1, -0.05) is 28.9 Å². The average Bonchev–Trinajstić information content (AvgIpc) is 2.41. The monoisotopic (exact) mass is 311 g/mol. The summed E-state index contributed by atoms with van der Waals surface area (Å²) in [6.45, 7) is 3.35. The standard InChI is InChI=1S/C14H18BrNO2/c1-2-8-17-13-6-5-12(11-15)14(10-13)18-9-4-3-7-16/h5-6,10H,2-4,8-9,11H2,1H3. The van der Waals surface area contributed by atoms with Crippen molar-refractivity contribution in [2.24, 2.45) is 0 Å². The lowest BCUT2D eigenvalue weighted by Crippen LogP contribution is -2.01. The van der Waals surface area contributed by atoms with Crippen LogP contribution in [0.1, 0.15) is 31.7 Å². The zero-order chi connectivity index (χ0) is 13.2. The van der Waals surface area contributed by atoms with Gasteiger partial charge in [0.05, 0.1) is 19.3 Å². The molecule has 0 N–H and O–H groups in total. The first-order valence-corrected chi connectivity index (χ1v) is 7.25. The number of halogens is 1. The first-order valence-electron chi connectivity index (χ1n) is 6.13. The molecule has 4 heteroatoms.